The van der Waals surface area contributed by atoms with Crippen molar-refractivity contribution in [2.45, 2.75) is 9.79 Å². The first-order chi connectivity index (χ1) is 7.74. The summed E-state index contributed by atoms with van der Waals surface area (Å²) < 4.78 is 0. The summed E-state index contributed by atoms with van der Waals surface area (Å²) in [6.45, 7) is 0. The molecule has 0 N–H and O–H groups in total. The first kappa shape index (κ1) is 10.1. The monoisotopic (exact) mass is 242 g/mol. The Bertz CT molecular complexity index is 687. The van der Waals surface area contributed by atoms with Crippen molar-refractivity contribution in [2.24, 2.45) is 0 Å². The van der Waals surface area contributed by atoms with E-state index in [0.29, 0.717) is 0 Å². The molecule has 0 radical (unpaired) electrons. The Morgan fingerprint density at radius 3 is 2.12 bits per heavy atom. The Morgan fingerprint density at radius 1 is 0.688 bits per heavy atom. The van der Waals surface area contributed by atoms with Gasteiger partial charge in [0.15, 0.2) is 0 Å². The van der Waals surface area contributed by atoms with Crippen LogP contribution in [-0.4, -0.2) is 0 Å². The Balaban J connectivity index is 2.51. The van der Waals surface area contributed by atoms with Gasteiger partial charge >= 0.3 is 0 Å². The number of fused-ring (bicyclic) bond motifs is 2. The lowest BCUT2D eigenvalue weighted by molar-refractivity contribution is 1.42. The van der Waals surface area contributed by atoms with Gasteiger partial charge in [0.2, 0.25) is 0 Å². The molecule has 0 nitrogen and oxygen atoms in total. The molecule has 78 valence electrons. The fraction of sp³-hybridized carbons (Fsp3) is 0. The Hall–Kier alpha value is -1.12. The molecule has 0 bridgehead atoms. The van der Waals surface area contributed by atoms with Gasteiger partial charge in [-0.2, -0.15) is 0 Å². The van der Waals surface area contributed by atoms with Crippen molar-refractivity contribution in [1.82, 2.24) is 0 Å². The van der Waals surface area contributed by atoms with Crippen LogP contribution in [0.3, 0.4) is 0 Å². The Morgan fingerprint density at radius 2 is 1.38 bits per heavy atom. The number of rotatable bonds is 0. The Kier molecular flexibility index (Phi) is 2.34. The second kappa shape index (κ2) is 3.72. The van der Waals surface area contributed by atoms with E-state index in [-0.39, 0.29) is 0 Å². The van der Waals surface area contributed by atoms with E-state index in [1.54, 1.807) is 0 Å². The van der Waals surface area contributed by atoms with Crippen molar-refractivity contribution in [1.29, 1.82) is 0 Å². The third-order valence-electron chi connectivity index (χ3n) is 2.78. The predicted molar refractivity (Wildman–Crippen MR) is 76.0 cm³/mol. The van der Waals surface area contributed by atoms with E-state index in [0.717, 1.165) is 9.79 Å². The van der Waals surface area contributed by atoms with Crippen molar-refractivity contribution < 1.29 is 0 Å². The van der Waals surface area contributed by atoms with Gasteiger partial charge < -0.3 is 0 Å². The first-order valence-electron chi connectivity index (χ1n) is 5.08. The largest absolute Gasteiger partial charge is 0.143 e. The molecule has 0 heterocycles. The van der Waals surface area contributed by atoms with Gasteiger partial charge in [-0.05, 0) is 45.8 Å². The van der Waals surface area contributed by atoms with Crippen LogP contribution >= 0.6 is 25.3 Å². The third-order valence-corrected chi connectivity index (χ3v) is 3.41. The minimum Gasteiger partial charge on any atom is -0.143 e. The molecular weight excluding hydrogens is 232 g/mol. The van der Waals surface area contributed by atoms with E-state index in [1.807, 2.05) is 6.07 Å². The van der Waals surface area contributed by atoms with Crippen LogP contribution in [-0.2, 0) is 0 Å². The molecule has 3 aromatic carbocycles. The van der Waals surface area contributed by atoms with Crippen LogP contribution < -0.4 is 0 Å². The Labute approximate surface area is 105 Å². The molecule has 0 unspecified atom stereocenters. The highest BCUT2D eigenvalue weighted by Gasteiger charge is 2.02. The summed E-state index contributed by atoms with van der Waals surface area (Å²) in [7, 11) is 0. The van der Waals surface area contributed by atoms with Crippen LogP contribution in [0.2, 0.25) is 0 Å². The molecule has 3 rings (SSSR count). The average Bonchev–Trinajstić information content (AvgIpc) is 2.27. The van der Waals surface area contributed by atoms with Crippen molar-refractivity contribution >= 4 is 46.8 Å². The van der Waals surface area contributed by atoms with Crippen LogP contribution in [0.4, 0.5) is 0 Å². The molecule has 0 aromatic heterocycles. The maximum Gasteiger partial charge on any atom is 0.0130 e. The zero-order valence-corrected chi connectivity index (χ0v) is 10.3. The van der Waals surface area contributed by atoms with Crippen molar-refractivity contribution in [2.75, 3.05) is 0 Å². The van der Waals surface area contributed by atoms with Gasteiger partial charge in [0.25, 0.3) is 0 Å². The summed E-state index contributed by atoms with van der Waals surface area (Å²) in [4.78, 5) is 1.93. The smallest absolute Gasteiger partial charge is 0.0130 e. The highest BCUT2D eigenvalue weighted by Crippen LogP contribution is 2.29. The summed E-state index contributed by atoms with van der Waals surface area (Å²) in [5, 5.41) is 4.87. The fourth-order valence-electron chi connectivity index (χ4n) is 2.02. The number of thiol groups is 2. The SMILES string of the molecule is Sc1cc(S)c2cc3ccccc3cc2c1. The van der Waals surface area contributed by atoms with E-state index in [2.05, 4.69) is 67.7 Å². The van der Waals surface area contributed by atoms with Gasteiger partial charge in [0.05, 0.1) is 0 Å². The molecule has 0 fully saturated rings. The minimum atomic E-state index is 0.952. The second-order valence-electron chi connectivity index (χ2n) is 3.89. The standard InChI is InChI=1S/C14H10S2/c15-12-6-11-5-9-3-1-2-4-10(9)7-13(11)14(16)8-12/h1-8,15-16H. The van der Waals surface area contributed by atoms with Crippen LogP contribution in [0.5, 0.6) is 0 Å². The van der Waals surface area contributed by atoms with Gasteiger partial charge in [-0.3, -0.25) is 0 Å². The molecular formula is C14H10S2. The van der Waals surface area contributed by atoms with Crippen molar-refractivity contribution in [3.8, 4) is 0 Å². The highest BCUT2D eigenvalue weighted by atomic mass is 32.1. The van der Waals surface area contributed by atoms with E-state index >= 15 is 0 Å². The third kappa shape index (κ3) is 1.58. The quantitative estimate of drug-likeness (QED) is 0.419. The number of hydrogen-bond donors (Lipinski definition) is 2. The second-order valence-corrected chi connectivity index (χ2v) is 4.88. The van der Waals surface area contributed by atoms with Crippen LogP contribution in [0, 0.1) is 0 Å². The number of benzene rings is 3. The summed E-state index contributed by atoms with van der Waals surface area (Å²) >= 11 is 8.87. The fourth-order valence-corrected chi connectivity index (χ4v) is 2.72. The van der Waals surface area contributed by atoms with Crippen molar-refractivity contribution in [3.63, 3.8) is 0 Å². The van der Waals surface area contributed by atoms with E-state index in [9.17, 15) is 0 Å². The average molecular weight is 242 g/mol. The molecule has 2 heteroatoms. The summed E-state index contributed by atoms with van der Waals surface area (Å²) in [6.07, 6.45) is 0. The maximum absolute atomic E-state index is 4.50. The highest BCUT2D eigenvalue weighted by molar-refractivity contribution is 7.81. The van der Waals surface area contributed by atoms with E-state index < -0.39 is 0 Å². The minimum absolute atomic E-state index is 0.952. The lowest BCUT2D eigenvalue weighted by atomic mass is 10.0. The molecule has 16 heavy (non-hydrogen) atoms. The molecule has 0 saturated carbocycles. The van der Waals surface area contributed by atoms with Gasteiger partial charge in [-0.25, -0.2) is 0 Å². The molecule has 0 spiro atoms. The van der Waals surface area contributed by atoms with Crippen molar-refractivity contribution in [3.05, 3.63) is 48.5 Å². The summed E-state index contributed by atoms with van der Waals surface area (Å²) in [5.74, 6) is 0. The summed E-state index contributed by atoms with van der Waals surface area (Å²) in [6, 6.07) is 16.8. The van der Waals surface area contributed by atoms with Gasteiger partial charge in [0, 0.05) is 9.79 Å². The molecule has 0 aliphatic heterocycles. The zero-order valence-electron chi connectivity index (χ0n) is 8.51. The first-order valence-corrected chi connectivity index (χ1v) is 5.98. The van der Waals surface area contributed by atoms with E-state index in [4.69, 9.17) is 0 Å². The molecule has 0 aliphatic rings. The lowest BCUT2D eigenvalue weighted by Crippen LogP contribution is -1.79. The molecule has 0 aliphatic carbocycles. The zero-order chi connectivity index (χ0) is 11.1. The topological polar surface area (TPSA) is 0 Å². The normalized spacial score (nSPS) is 11.1. The number of hydrogen-bond acceptors (Lipinski definition) is 2. The van der Waals surface area contributed by atoms with Gasteiger partial charge in [0.1, 0.15) is 0 Å². The van der Waals surface area contributed by atoms with Crippen LogP contribution in [0.1, 0.15) is 0 Å². The predicted octanol–water partition coefficient (Wildman–Crippen LogP) is 4.57. The van der Waals surface area contributed by atoms with E-state index in [1.165, 1.54) is 21.5 Å². The van der Waals surface area contributed by atoms with Crippen LogP contribution in [0.25, 0.3) is 21.5 Å². The molecule has 3 aromatic rings. The van der Waals surface area contributed by atoms with Gasteiger partial charge in [-0.1, -0.05) is 24.3 Å². The maximum atomic E-state index is 4.50. The molecule has 0 atom stereocenters. The molecule has 0 amide bonds. The van der Waals surface area contributed by atoms with Gasteiger partial charge in [-0.15, -0.1) is 25.3 Å². The summed E-state index contributed by atoms with van der Waals surface area (Å²) in [5.41, 5.74) is 0. The van der Waals surface area contributed by atoms with Crippen LogP contribution in [0.15, 0.2) is 58.3 Å². The lowest BCUT2D eigenvalue weighted by Gasteiger charge is -2.05. The molecule has 0 saturated heterocycles.